The quantitative estimate of drug-likeness (QED) is 0.275. The van der Waals surface area contributed by atoms with Gasteiger partial charge in [0.15, 0.2) is 5.01 Å². The Morgan fingerprint density at radius 3 is 2.68 bits per heavy atom. The second kappa shape index (κ2) is 11.5. The Labute approximate surface area is 258 Å². The highest BCUT2D eigenvalue weighted by atomic mass is 32.1. The molecule has 2 aromatic carbocycles. The Kier molecular flexibility index (Phi) is 7.41. The van der Waals surface area contributed by atoms with Crippen molar-refractivity contribution in [3.05, 3.63) is 87.3 Å². The molecule has 1 fully saturated rings. The predicted molar refractivity (Wildman–Crippen MR) is 170 cm³/mol. The van der Waals surface area contributed by atoms with E-state index >= 15 is 0 Å². The lowest BCUT2D eigenvalue weighted by Gasteiger charge is -2.54. The zero-order valence-corrected chi connectivity index (χ0v) is 25.2. The van der Waals surface area contributed by atoms with E-state index in [-0.39, 0.29) is 41.2 Å². The van der Waals surface area contributed by atoms with Crippen LogP contribution in [-0.4, -0.2) is 52.9 Å². The maximum atomic E-state index is 13.9. The van der Waals surface area contributed by atoms with Crippen molar-refractivity contribution in [2.75, 3.05) is 29.9 Å². The lowest BCUT2D eigenvalue weighted by atomic mass is 9.69. The number of nitrogens with one attached hydrogen (secondary N) is 3. The number of benzene rings is 2. The SMILES string of the molecule is CC(=O)Nc1ccc2c(c1)CC(C(=O)NCCCNC(=O)c1nc3ccccc3s1)[C@H]1[C@@H]3C[C@H](CN21)Cn1c3cccc1=O. The number of pyridine rings is 1. The first-order chi connectivity index (χ1) is 21.4. The number of nitrogens with zero attached hydrogens (tertiary/aromatic N) is 3. The highest BCUT2D eigenvalue weighted by Crippen LogP contribution is 2.48. The number of anilines is 2. The van der Waals surface area contributed by atoms with Crippen LogP contribution in [0.25, 0.3) is 10.2 Å². The number of piperidine rings is 1. The number of fused-ring (bicyclic) bond motifs is 9. The lowest BCUT2D eigenvalue weighted by molar-refractivity contribution is -0.126. The van der Waals surface area contributed by atoms with Gasteiger partial charge >= 0.3 is 0 Å². The Balaban J connectivity index is 1.07. The number of aromatic nitrogens is 2. The smallest absolute Gasteiger partial charge is 0.280 e. The average molecular weight is 611 g/mol. The second-order valence-electron chi connectivity index (χ2n) is 12.0. The predicted octanol–water partition coefficient (Wildman–Crippen LogP) is 3.52. The zero-order valence-electron chi connectivity index (χ0n) is 24.4. The van der Waals surface area contributed by atoms with Gasteiger partial charge in [0.2, 0.25) is 11.8 Å². The Morgan fingerprint density at radius 2 is 1.84 bits per heavy atom. The van der Waals surface area contributed by atoms with Gasteiger partial charge in [-0.05, 0) is 67.1 Å². The second-order valence-corrected chi connectivity index (χ2v) is 13.0. The molecule has 44 heavy (non-hydrogen) atoms. The molecule has 2 bridgehead atoms. The summed E-state index contributed by atoms with van der Waals surface area (Å²) in [6, 6.07) is 19.0. The van der Waals surface area contributed by atoms with Gasteiger partial charge < -0.3 is 25.4 Å². The maximum absolute atomic E-state index is 13.9. The molecule has 4 aromatic rings. The minimum atomic E-state index is -0.347. The van der Waals surface area contributed by atoms with Gasteiger partial charge in [0.05, 0.1) is 16.1 Å². The largest absolute Gasteiger partial charge is 0.366 e. The molecular formula is C33H34N6O4S. The molecule has 0 saturated carbocycles. The number of amides is 3. The number of thiazole rings is 1. The Bertz CT molecular complexity index is 1800. The van der Waals surface area contributed by atoms with Crippen LogP contribution in [0, 0.1) is 11.8 Å². The molecule has 3 amide bonds. The summed E-state index contributed by atoms with van der Waals surface area (Å²) in [5.41, 5.74) is 4.65. The van der Waals surface area contributed by atoms with Crippen LogP contribution in [0.4, 0.5) is 11.4 Å². The van der Waals surface area contributed by atoms with E-state index in [1.165, 1.54) is 18.3 Å². The van der Waals surface area contributed by atoms with Gasteiger partial charge in [-0.2, -0.15) is 0 Å². The molecule has 5 heterocycles. The molecule has 4 atom stereocenters. The number of carbonyl (C=O) groups excluding carboxylic acids is 3. The molecule has 11 heteroatoms. The highest BCUT2D eigenvalue weighted by molar-refractivity contribution is 7.20. The molecule has 1 saturated heterocycles. The molecule has 0 spiro atoms. The van der Waals surface area contributed by atoms with E-state index in [2.05, 4.69) is 31.9 Å². The third-order valence-electron chi connectivity index (χ3n) is 9.04. The van der Waals surface area contributed by atoms with Gasteiger partial charge in [-0.3, -0.25) is 19.2 Å². The summed E-state index contributed by atoms with van der Waals surface area (Å²) in [5, 5.41) is 9.36. The fourth-order valence-electron chi connectivity index (χ4n) is 7.28. The van der Waals surface area contributed by atoms with Gasteiger partial charge in [-0.1, -0.05) is 18.2 Å². The number of para-hydroxylation sites is 1. The molecule has 2 aromatic heterocycles. The Hall–Kier alpha value is -4.51. The standard InChI is InChI=1S/C33H34N6O4S/c1-19(40)36-22-10-11-26-21(15-22)16-24(30-23-14-20(18-39(26)30)17-38-27(23)7-4-9-29(38)41)31(42)34-12-5-13-35-32(43)33-37-25-6-2-3-8-28(25)44-33/h2-4,6-11,15,20,23-24,30H,5,12-14,16-18H2,1H3,(H,34,42)(H,35,43)(H,36,40)/t20-,23+,24?,30+/m0/s1. The van der Waals surface area contributed by atoms with Crippen molar-refractivity contribution in [1.29, 1.82) is 0 Å². The van der Waals surface area contributed by atoms with Crippen LogP contribution in [0.3, 0.4) is 0 Å². The molecule has 1 unspecified atom stereocenters. The van der Waals surface area contributed by atoms with Gasteiger partial charge in [0, 0.05) is 68.2 Å². The highest BCUT2D eigenvalue weighted by Gasteiger charge is 2.49. The van der Waals surface area contributed by atoms with E-state index in [9.17, 15) is 19.2 Å². The lowest BCUT2D eigenvalue weighted by Crippen LogP contribution is -2.60. The third-order valence-corrected chi connectivity index (χ3v) is 10.1. The molecule has 3 aliphatic rings. The van der Waals surface area contributed by atoms with E-state index in [1.807, 2.05) is 53.1 Å². The minimum absolute atomic E-state index is 0.00991. The first kappa shape index (κ1) is 28.3. The average Bonchev–Trinajstić information content (AvgIpc) is 3.45. The van der Waals surface area contributed by atoms with Crippen molar-refractivity contribution < 1.29 is 14.4 Å². The monoisotopic (exact) mass is 610 g/mol. The number of carbonyl (C=O) groups is 3. The van der Waals surface area contributed by atoms with E-state index in [0.717, 1.165) is 40.1 Å². The Morgan fingerprint density at radius 1 is 1.00 bits per heavy atom. The summed E-state index contributed by atoms with van der Waals surface area (Å²) < 4.78 is 2.87. The molecular weight excluding hydrogens is 576 g/mol. The van der Waals surface area contributed by atoms with Crippen molar-refractivity contribution in [3.63, 3.8) is 0 Å². The first-order valence-electron chi connectivity index (χ1n) is 15.1. The van der Waals surface area contributed by atoms with Crippen molar-refractivity contribution in [2.24, 2.45) is 11.8 Å². The van der Waals surface area contributed by atoms with E-state index in [0.29, 0.717) is 49.1 Å². The van der Waals surface area contributed by atoms with Crippen LogP contribution >= 0.6 is 11.3 Å². The van der Waals surface area contributed by atoms with Crippen LogP contribution in [0.5, 0.6) is 0 Å². The molecule has 3 N–H and O–H groups in total. The van der Waals surface area contributed by atoms with Crippen molar-refractivity contribution in [1.82, 2.24) is 20.2 Å². The first-order valence-corrected chi connectivity index (χ1v) is 16.0. The topological polar surface area (TPSA) is 125 Å². The van der Waals surface area contributed by atoms with Gasteiger partial charge in [0.25, 0.3) is 11.5 Å². The van der Waals surface area contributed by atoms with Crippen molar-refractivity contribution >= 4 is 50.6 Å². The van der Waals surface area contributed by atoms with Gasteiger partial charge in [0.1, 0.15) is 0 Å². The van der Waals surface area contributed by atoms with Crippen molar-refractivity contribution in [2.45, 2.75) is 44.7 Å². The summed E-state index contributed by atoms with van der Waals surface area (Å²) in [4.78, 5) is 57.9. The number of hydrogen-bond donors (Lipinski definition) is 3. The number of hydrogen-bond acceptors (Lipinski definition) is 7. The van der Waals surface area contributed by atoms with Gasteiger partial charge in [-0.15, -0.1) is 11.3 Å². The fraction of sp³-hybridized carbons (Fsp3) is 0.364. The molecule has 226 valence electrons. The van der Waals surface area contributed by atoms with Gasteiger partial charge in [-0.25, -0.2) is 4.98 Å². The molecule has 3 aliphatic heterocycles. The van der Waals surface area contributed by atoms with Crippen LogP contribution in [0.1, 0.15) is 46.7 Å². The van der Waals surface area contributed by atoms with E-state index < -0.39 is 0 Å². The van der Waals surface area contributed by atoms with E-state index in [4.69, 9.17) is 0 Å². The summed E-state index contributed by atoms with van der Waals surface area (Å²) in [7, 11) is 0. The summed E-state index contributed by atoms with van der Waals surface area (Å²) in [6.45, 7) is 3.76. The molecule has 7 rings (SSSR count). The van der Waals surface area contributed by atoms with E-state index in [1.54, 1.807) is 6.07 Å². The summed E-state index contributed by atoms with van der Waals surface area (Å²) in [6.07, 6.45) is 2.05. The van der Waals surface area contributed by atoms with Crippen LogP contribution in [0.2, 0.25) is 0 Å². The third kappa shape index (κ3) is 5.25. The van der Waals surface area contributed by atoms with Crippen LogP contribution in [-0.2, 0) is 22.6 Å². The number of rotatable bonds is 7. The summed E-state index contributed by atoms with van der Waals surface area (Å²) >= 11 is 1.36. The molecule has 0 aliphatic carbocycles. The zero-order chi connectivity index (χ0) is 30.4. The normalized spacial score (nSPS) is 21.5. The minimum Gasteiger partial charge on any atom is -0.366 e. The molecule has 0 radical (unpaired) electrons. The molecule has 10 nitrogen and oxygen atoms in total. The maximum Gasteiger partial charge on any atom is 0.280 e. The van der Waals surface area contributed by atoms with Crippen molar-refractivity contribution in [3.8, 4) is 0 Å². The fourth-order valence-corrected chi connectivity index (χ4v) is 8.16. The van der Waals surface area contributed by atoms with Crippen LogP contribution < -0.4 is 26.4 Å². The van der Waals surface area contributed by atoms with Crippen LogP contribution in [0.15, 0.2) is 65.5 Å². The summed E-state index contributed by atoms with van der Waals surface area (Å²) in [5.74, 6) is -0.397.